The van der Waals surface area contributed by atoms with Crippen LogP contribution in [0.1, 0.15) is 10.8 Å². The van der Waals surface area contributed by atoms with Crippen LogP contribution in [0.15, 0.2) is 43.0 Å². The number of aliphatic hydroxyl groups excluding tert-OH is 1. The van der Waals surface area contributed by atoms with Gasteiger partial charge < -0.3 is 5.11 Å². The van der Waals surface area contributed by atoms with Gasteiger partial charge in [0.25, 0.3) is 0 Å². The summed E-state index contributed by atoms with van der Waals surface area (Å²) < 4.78 is -0.0572. The molecular formula is C11H14OS2. The Kier molecular flexibility index (Phi) is 5.15. The Labute approximate surface area is 94.6 Å². The number of benzene rings is 1. The van der Waals surface area contributed by atoms with Crippen LogP contribution in [0.25, 0.3) is 0 Å². The van der Waals surface area contributed by atoms with Gasteiger partial charge in [-0.15, -0.1) is 18.3 Å². The molecule has 14 heavy (non-hydrogen) atoms. The highest BCUT2D eigenvalue weighted by molar-refractivity contribution is 8.10. The first-order chi connectivity index (χ1) is 6.77. The Morgan fingerprint density at radius 3 is 2.57 bits per heavy atom. The van der Waals surface area contributed by atoms with Crippen molar-refractivity contribution in [3.8, 4) is 0 Å². The largest absolute Gasteiger partial charge is 0.394 e. The lowest BCUT2D eigenvalue weighted by Gasteiger charge is -2.15. The molecule has 0 aromatic heterocycles. The number of hydrogen-bond acceptors (Lipinski definition) is 3. The first-order valence-electron chi connectivity index (χ1n) is 4.40. The van der Waals surface area contributed by atoms with E-state index in [1.165, 1.54) is 5.56 Å². The van der Waals surface area contributed by atoms with Crippen LogP contribution >= 0.6 is 24.4 Å². The molecule has 1 N–H and O–H groups in total. The van der Waals surface area contributed by atoms with Crippen molar-refractivity contribution in [3.05, 3.63) is 48.6 Å². The molecule has 0 aliphatic rings. The van der Waals surface area contributed by atoms with Crippen molar-refractivity contribution in [2.45, 2.75) is 9.83 Å². The molecule has 0 fully saturated rings. The molecule has 0 saturated heterocycles. The summed E-state index contributed by atoms with van der Waals surface area (Å²) in [6.07, 6.45) is 1.87. The fourth-order valence-corrected chi connectivity index (χ4v) is 2.37. The normalized spacial score (nSPS) is 14.7. The van der Waals surface area contributed by atoms with Crippen molar-refractivity contribution in [1.82, 2.24) is 0 Å². The standard InChI is InChI=1S/C11H14OS2/c1-2-10(14-11(13)8-12)9-6-4-3-5-7-9/h2-7,10-13H,1,8H2. The summed E-state index contributed by atoms with van der Waals surface area (Å²) in [6, 6.07) is 10.1. The summed E-state index contributed by atoms with van der Waals surface area (Å²) in [5, 5.41) is 9.09. The van der Waals surface area contributed by atoms with Gasteiger partial charge in [0, 0.05) is 5.25 Å². The third-order valence-corrected chi connectivity index (χ3v) is 3.55. The van der Waals surface area contributed by atoms with Gasteiger partial charge in [0.15, 0.2) is 0 Å². The molecule has 0 aliphatic carbocycles. The summed E-state index contributed by atoms with van der Waals surface area (Å²) in [5.41, 5.74) is 1.19. The van der Waals surface area contributed by atoms with Crippen molar-refractivity contribution in [1.29, 1.82) is 0 Å². The van der Waals surface area contributed by atoms with E-state index in [-0.39, 0.29) is 16.4 Å². The van der Waals surface area contributed by atoms with Crippen LogP contribution in [0.2, 0.25) is 0 Å². The third kappa shape index (κ3) is 3.40. The quantitative estimate of drug-likeness (QED) is 0.457. The Morgan fingerprint density at radius 1 is 1.43 bits per heavy atom. The zero-order valence-corrected chi connectivity index (χ0v) is 9.55. The molecule has 0 radical (unpaired) electrons. The van der Waals surface area contributed by atoms with E-state index >= 15 is 0 Å². The highest BCUT2D eigenvalue weighted by Gasteiger charge is 2.11. The SMILES string of the molecule is C=CC(SC(S)CO)c1ccccc1. The minimum Gasteiger partial charge on any atom is -0.394 e. The van der Waals surface area contributed by atoms with E-state index in [0.717, 1.165) is 0 Å². The number of thioether (sulfide) groups is 1. The average Bonchev–Trinajstić information content (AvgIpc) is 2.26. The molecule has 0 saturated carbocycles. The molecule has 1 aromatic carbocycles. The highest BCUT2D eigenvalue weighted by atomic mass is 32.2. The minimum atomic E-state index is -0.0572. The maximum atomic E-state index is 8.89. The van der Waals surface area contributed by atoms with Gasteiger partial charge in [0.05, 0.1) is 11.2 Å². The molecule has 0 spiro atoms. The van der Waals surface area contributed by atoms with E-state index in [1.54, 1.807) is 11.8 Å². The van der Waals surface area contributed by atoms with Crippen LogP contribution < -0.4 is 0 Å². The smallest absolute Gasteiger partial charge is 0.0712 e. The van der Waals surface area contributed by atoms with Crippen LogP contribution in [0.3, 0.4) is 0 Å². The van der Waals surface area contributed by atoms with Crippen molar-refractivity contribution in [2.75, 3.05) is 6.61 Å². The number of rotatable bonds is 5. The number of hydrogen-bond donors (Lipinski definition) is 2. The van der Waals surface area contributed by atoms with Crippen LogP contribution in [0, 0.1) is 0 Å². The van der Waals surface area contributed by atoms with E-state index in [1.807, 2.05) is 24.3 Å². The molecule has 1 aromatic rings. The second-order valence-electron chi connectivity index (χ2n) is 2.84. The molecular weight excluding hydrogens is 212 g/mol. The first-order valence-corrected chi connectivity index (χ1v) is 5.85. The Morgan fingerprint density at radius 2 is 2.07 bits per heavy atom. The maximum absolute atomic E-state index is 8.89. The maximum Gasteiger partial charge on any atom is 0.0712 e. The monoisotopic (exact) mass is 226 g/mol. The molecule has 2 atom stereocenters. The van der Waals surface area contributed by atoms with Gasteiger partial charge in [-0.1, -0.05) is 36.4 Å². The Balaban J connectivity index is 2.68. The van der Waals surface area contributed by atoms with Crippen molar-refractivity contribution >= 4 is 24.4 Å². The van der Waals surface area contributed by atoms with Gasteiger partial charge in [-0.2, -0.15) is 12.6 Å². The highest BCUT2D eigenvalue weighted by Crippen LogP contribution is 2.34. The van der Waals surface area contributed by atoms with E-state index in [4.69, 9.17) is 5.11 Å². The molecule has 76 valence electrons. The average molecular weight is 226 g/mol. The van der Waals surface area contributed by atoms with E-state index in [9.17, 15) is 0 Å². The van der Waals surface area contributed by atoms with E-state index < -0.39 is 0 Å². The second-order valence-corrected chi connectivity index (χ2v) is 5.16. The fraction of sp³-hybridized carbons (Fsp3) is 0.273. The predicted octanol–water partition coefficient (Wildman–Crippen LogP) is 2.90. The minimum absolute atomic E-state index is 0.0572. The summed E-state index contributed by atoms with van der Waals surface area (Å²) in [7, 11) is 0. The van der Waals surface area contributed by atoms with Crippen molar-refractivity contribution in [2.24, 2.45) is 0 Å². The molecule has 0 aliphatic heterocycles. The Hall–Kier alpha value is -0.380. The molecule has 3 heteroatoms. The van der Waals surface area contributed by atoms with Crippen molar-refractivity contribution in [3.63, 3.8) is 0 Å². The molecule has 0 bridgehead atoms. The van der Waals surface area contributed by atoms with E-state index in [0.29, 0.717) is 0 Å². The topological polar surface area (TPSA) is 20.2 Å². The van der Waals surface area contributed by atoms with Crippen LogP contribution in [0.5, 0.6) is 0 Å². The molecule has 0 heterocycles. The molecule has 0 amide bonds. The van der Waals surface area contributed by atoms with Crippen molar-refractivity contribution < 1.29 is 5.11 Å². The summed E-state index contributed by atoms with van der Waals surface area (Å²) in [4.78, 5) is 0. The van der Waals surface area contributed by atoms with E-state index in [2.05, 4.69) is 31.3 Å². The van der Waals surface area contributed by atoms with Gasteiger partial charge in [0.1, 0.15) is 0 Å². The number of thiol groups is 1. The lowest BCUT2D eigenvalue weighted by molar-refractivity contribution is 0.316. The third-order valence-electron chi connectivity index (χ3n) is 1.80. The van der Waals surface area contributed by atoms with Crippen LogP contribution in [-0.2, 0) is 0 Å². The lowest BCUT2D eigenvalue weighted by Crippen LogP contribution is -2.02. The predicted molar refractivity (Wildman–Crippen MR) is 66.8 cm³/mol. The zero-order chi connectivity index (χ0) is 10.4. The van der Waals surface area contributed by atoms with Gasteiger partial charge in [-0.3, -0.25) is 0 Å². The first kappa shape index (κ1) is 11.7. The molecule has 1 nitrogen and oxygen atoms in total. The van der Waals surface area contributed by atoms with Crippen LogP contribution in [0.4, 0.5) is 0 Å². The second kappa shape index (κ2) is 6.17. The molecule has 1 rings (SSSR count). The summed E-state index contributed by atoms with van der Waals surface area (Å²) in [5.74, 6) is 0. The molecule has 2 unspecified atom stereocenters. The summed E-state index contributed by atoms with van der Waals surface area (Å²) >= 11 is 5.83. The van der Waals surface area contributed by atoms with Gasteiger partial charge in [0.2, 0.25) is 0 Å². The fourth-order valence-electron chi connectivity index (χ4n) is 1.13. The van der Waals surface area contributed by atoms with Crippen LogP contribution in [-0.4, -0.2) is 16.3 Å². The van der Waals surface area contributed by atoms with Gasteiger partial charge >= 0.3 is 0 Å². The Bertz CT molecular complexity index is 274. The van der Waals surface area contributed by atoms with Gasteiger partial charge in [-0.05, 0) is 5.56 Å². The lowest BCUT2D eigenvalue weighted by atomic mass is 10.1. The zero-order valence-electron chi connectivity index (χ0n) is 7.84. The summed E-state index contributed by atoms with van der Waals surface area (Å²) in [6.45, 7) is 3.86. The van der Waals surface area contributed by atoms with Gasteiger partial charge in [-0.25, -0.2) is 0 Å². The number of aliphatic hydroxyl groups is 1.